The van der Waals surface area contributed by atoms with Crippen molar-refractivity contribution in [2.75, 3.05) is 27.8 Å². The van der Waals surface area contributed by atoms with Crippen LogP contribution in [0.4, 0.5) is 0 Å². The van der Waals surface area contributed by atoms with Crippen LogP contribution in [-0.2, 0) is 6.42 Å². The van der Waals surface area contributed by atoms with Crippen LogP contribution in [0.15, 0.2) is 54.9 Å². The number of hydrogen-bond donors (Lipinski definition) is 1. The van der Waals surface area contributed by atoms with Crippen LogP contribution in [0.2, 0.25) is 0 Å². The fourth-order valence-corrected chi connectivity index (χ4v) is 2.73. The van der Waals surface area contributed by atoms with Crippen molar-refractivity contribution in [3.63, 3.8) is 0 Å². The average molecular weight is 396 g/mol. The fourth-order valence-electron chi connectivity index (χ4n) is 2.73. The molecule has 1 N–H and O–H groups in total. The van der Waals surface area contributed by atoms with Gasteiger partial charge in [0.2, 0.25) is 0 Å². The number of nitrogens with zero attached hydrogens (tertiary/aromatic N) is 2. The first-order valence-electron chi connectivity index (χ1n) is 10.4. The number of amides is 1. The van der Waals surface area contributed by atoms with Crippen LogP contribution in [0.5, 0.6) is 17.2 Å². The van der Waals surface area contributed by atoms with Crippen LogP contribution < -0.4 is 19.5 Å². The highest BCUT2D eigenvalue weighted by Gasteiger charge is 2.10. The number of carbonyl (C=O) groups excluding carboxylic acids is 1. The van der Waals surface area contributed by atoms with Crippen molar-refractivity contribution in [2.24, 2.45) is 0 Å². The minimum Gasteiger partial charge on any atom is -0.497 e. The number of methoxy groups -OCH3 is 3. The Labute approximate surface area is 173 Å². The largest absolute Gasteiger partial charge is 0.497 e. The van der Waals surface area contributed by atoms with Gasteiger partial charge in [0.1, 0.15) is 22.9 Å². The van der Waals surface area contributed by atoms with E-state index < -0.39 is 7.04 Å². The van der Waals surface area contributed by atoms with Gasteiger partial charge in [0.15, 0.2) is 0 Å². The van der Waals surface area contributed by atoms with Crippen molar-refractivity contribution in [2.45, 2.75) is 6.42 Å². The highest BCUT2D eigenvalue weighted by molar-refractivity contribution is 5.92. The van der Waals surface area contributed by atoms with Crippen molar-refractivity contribution in [1.29, 1.82) is 0 Å². The van der Waals surface area contributed by atoms with E-state index in [9.17, 15) is 4.79 Å². The van der Waals surface area contributed by atoms with E-state index in [2.05, 4.69) is 15.3 Å². The summed E-state index contributed by atoms with van der Waals surface area (Å²) in [6.45, 7) is 0.391. The van der Waals surface area contributed by atoms with E-state index in [0.717, 1.165) is 5.56 Å². The van der Waals surface area contributed by atoms with Gasteiger partial charge in [-0.05, 0) is 48.4 Å². The molecule has 7 nitrogen and oxygen atoms in total. The Kier molecular flexibility index (Phi) is 5.38. The Morgan fingerprint density at radius 3 is 2.38 bits per heavy atom. The minimum absolute atomic E-state index is 0.175. The van der Waals surface area contributed by atoms with Crippen LogP contribution in [0.1, 0.15) is 20.2 Å². The summed E-state index contributed by atoms with van der Waals surface area (Å²) in [4.78, 5) is 21.0. The molecule has 0 aliphatic rings. The minimum atomic E-state index is -2.52. The Hall–Kier alpha value is -3.61. The van der Waals surface area contributed by atoms with E-state index >= 15 is 0 Å². The Balaban J connectivity index is 1.63. The lowest BCUT2D eigenvalue weighted by atomic mass is 10.1. The van der Waals surface area contributed by atoms with Gasteiger partial charge in [0.05, 0.1) is 43.5 Å². The zero-order valence-electron chi connectivity index (χ0n) is 19.1. The second-order valence-electron chi connectivity index (χ2n) is 6.14. The molecule has 150 valence electrons. The topological polar surface area (TPSA) is 82.6 Å². The SMILES string of the molecule is [2H]C([2H])([2H])Oc1ccc(-c2cncc(C(=O)NCCc3cc(OC)cc(OC)c3)n2)cc1. The number of hydrogen-bond acceptors (Lipinski definition) is 6. The number of benzene rings is 2. The van der Waals surface area contributed by atoms with Gasteiger partial charge >= 0.3 is 0 Å². The number of rotatable bonds is 8. The lowest BCUT2D eigenvalue weighted by Gasteiger charge is -2.09. The first-order chi connectivity index (χ1) is 15.3. The van der Waals surface area contributed by atoms with E-state index in [1.807, 2.05) is 12.1 Å². The molecule has 3 rings (SSSR count). The molecule has 0 saturated heterocycles. The predicted octanol–water partition coefficient (Wildman–Crippen LogP) is 3.14. The first-order valence-corrected chi connectivity index (χ1v) is 8.89. The maximum Gasteiger partial charge on any atom is 0.271 e. The molecular weight excluding hydrogens is 370 g/mol. The summed E-state index contributed by atoms with van der Waals surface area (Å²) in [5, 5.41) is 2.83. The van der Waals surface area contributed by atoms with Gasteiger partial charge < -0.3 is 19.5 Å². The zero-order valence-corrected chi connectivity index (χ0v) is 16.1. The van der Waals surface area contributed by atoms with Gasteiger partial charge in [-0.3, -0.25) is 9.78 Å². The molecule has 0 radical (unpaired) electrons. The van der Waals surface area contributed by atoms with E-state index in [-0.39, 0.29) is 17.4 Å². The van der Waals surface area contributed by atoms with Crippen LogP contribution in [0, 0.1) is 0 Å². The van der Waals surface area contributed by atoms with Crippen molar-refractivity contribution in [3.8, 4) is 28.5 Å². The van der Waals surface area contributed by atoms with Gasteiger partial charge in [-0.25, -0.2) is 4.98 Å². The quantitative estimate of drug-likeness (QED) is 0.630. The van der Waals surface area contributed by atoms with Gasteiger partial charge in [0, 0.05) is 18.2 Å². The molecule has 3 aromatic rings. The molecule has 0 aliphatic carbocycles. The van der Waals surface area contributed by atoms with E-state index in [1.54, 1.807) is 32.4 Å². The number of carbonyl (C=O) groups is 1. The fraction of sp³-hybridized carbons (Fsp3) is 0.227. The summed E-state index contributed by atoms with van der Waals surface area (Å²) >= 11 is 0. The maximum absolute atomic E-state index is 12.5. The molecule has 0 bridgehead atoms. The molecule has 1 aromatic heterocycles. The third-order valence-corrected chi connectivity index (χ3v) is 4.25. The van der Waals surface area contributed by atoms with Gasteiger partial charge in [0.25, 0.3) is 5.91 Å². The van der Waals surface area contributed by atoms with Crippen LogP contribution in [0.25, 0.3) is 11.3 Å². The summed E-state index contributed by atoms with van der Waals surface area (Å²) in [7, 11) is 0.648. The number of nitrogens with one attached hydrogen (secondary N) is 1. The molecule has 0 atom stereocenters. The van der Waals surface area contributed by atoms with Crippen molar-refractivity contribution in [1.82, 2.24) is 15.3 Å². The number of aromatic nitrogens is 2. The van der Waals surface area contributed by atoms with Gasteiger partial charge in [-0.15, -0.1) is 0 Å². The summed E-state index contributed by atoms with van der Waals surface area (Å²) in [5.41, 5.74) is 2.29. The van der Waals surface area contributed by atoms with E-state index in [0.29, 0.717) is 35.7 Å². The Bertz CT molecular complexity index is 1050. The molecule has 0 aliphatic heterocycles. The predicted molar refractivity (Wildman–Crippen MR) is 110 cm³/mol. The molecule has 0 fully saturated rings. The second kappa shape index (κ2) is 9.54. The highest BCUT2D eigenvalue weighted by atomic mass is 16.5. The lowest BCUT2D eigenvalue weighted by Crippen LogP contribution is -2.26. The maximum atomic E-state index is 12.5. The Morgan fingerprint density at radius 2 is 1.72 bits per heavy atom. The first kappa shape index (κ1) is 16.4. The normalized spacial score (nSPS) is 12.3. The smallest absolute Gasteiger partial charge is 0.271 e. The molecule has 2 aromatic carbocycles. The molecule has 7 heteroatoms. The molecule has 1 heterocycles. The van der Waals surface area contributed by atoms with Gasteiger partial charge in [-0.2, -0.15) is 0 Å². The highest BCUT2D eigenvalue weighted by Crippen LogP contribution is 2.23. The summed E-state index contributed by atoms with van der Waals surface area (Å²) < 4.78 is 36.8. The van der Waals surface area contributed by atoms with Crippen LogP contribution in [-0.4, -0.2) is 43.7 Å². The molecule has 1 amide bonds. The van der Waals surface area contributed by atoms with Crippen LogP contribution >= 0.6 is 0 Å². The van der Waals surface area contributed by atoms with Crippen molar-refractivity contribution >= 4 is 5.91 Å². The standard InChI is InChI=1S/C22H23N3O4/c1-27-17-6-4-16(5-7-17)20-13-23-14-21(25-20)22(26)24-9-8-15-10-18(28-2)12-19(11-15)29-3/h4-7,10-14H,8-9H2,1-3H3,(H,24,26)/i1D3. The van der Waals surface area contributed by atoms with Crippen LogP contribution in [0.3, 0.4) is 0 Å². The van der Waals surface area contributed by atoms with E-state index in [1.165, 1.54) is 24.5 Å². The van der Waals surface area contributed by atoms with Crippen molar-refractivity contribution in [3.05, 3.63) is 66.1 Å². The molecule has 0 spiro atoms. The third kappa shape index (κ3) is 5.22. The molecule has 0 unspecified atom stereocenters. The Morgan fingerprint density at radius 1 is 1.00 bits per heavy atom. The summed E-state index contributed by atoms with van der Waals surface area (Å²) in [6, 6.07) is 11.9. The molecule has 29 heavy (non-hydrogen) atoms. The van der Waals surface area contributed by atoms with E-state index in [4.69, 9.17) is 18.3 Å². The molecule has 0 saturated carbocycles. The third-order valence-electron chi connectivity index (χ3n) is 4.25. The lowest BCUT2D eigenvalue weighted by molar-refractivity contribution is 0.0949. The summed E-state index contributed by atoms with van der Waals surface area (Å²) in [5.74, 6) is 1.22. The number of ether oxygens (including phenoxy) is 3. The zero-order chi connectivity index (χ0) is 23.1. The van der Waals surface area contributed by atoms with Crippen molar-refractivity contribution < 1.29 is 23.1 Å². The van der Waals surface area contributed by atoms with Gasteiger partial charge in [-0.1, -0.05) is 0 Å². The second-order valence-corrected chi connectivity index (χ2v) is 6.14. The summed E-state index contributed by atoms with van der Waals surface area (Å²) in [6.07, 6.45) is 3.50. The monoisotopic (exact) mass is 396 g/mol. The molecular formula is C22H23N3O4. The average Bonchev–Trinajstić information content (AvgIpc) is 2.78.